The molecule has 19 heavy (non-hydrogen) atoms. The first-order valence-electron chi connectivity index (χ1n) is 6.01. The van der Waals surface area contributed by atoms with Crippen molar-refractivity contribution in [3.63, 3.8) is 0 Å². The first-order chi connectivity index (χ1) is 9.06. The smallest absolute Gasteiger partial charge is 0.232 e. The highest BCUT2D eigenvalue weighted by atomic mass is 79.9. The highest BCUT2D eigenvalue weighted by Gasteiger charge is 2.29. The molecule has 1 saturated heterocycles. The minimum atomic E-state index is -0.310. The Morgan fingerprint density at radius 2 is 2.26 bits per heavy atom. The number of likely N-dealkylation sites (tertiary alicyclic amines) is 1. The van der Waals surface area contributed by atoms with E-state index in [1.54, 1.807) is 4.90 Å². The van der Waals surface area contributed by atoms with Crippen LogP contribution in [0, 0.1) is 5.92 Å². The maximum atomic E-state index is 12.0. The lowest BCUT2D eigenvalue weighted by atomic mass is 10.1. The molecule has 1 aromatic carbocycles. The summed E-state index contributed by atoms with van der Waals surface area (Å²) < 4.78 is 1.000. The van der Waals surface area contributed by atoms with Crippen LogP contribution in [0.25, 0.3) is 0 Å². The molecule has 1 fully saturated rings. The van der Waals surface area contributed by atoms with Crippen LogP contribution in [0.2, 0.25) is 0 Å². The van der Waals surface area contributed by atoms with Crippen LogP contribution in [0.4, 0.5) is 0 Å². The number of primary amides is 1. The predicted octanol–water partition coefficient (Wildman–Crippen LogP) is 1.87. The summed E-state index contributed by atoms with van der Waals surface area (Å²) in [4.78, 5) is 25.8. The average molecular weight is 343 g/mol. The van der Waals surface area contributed by atoms with E-state index in [2.05, 4.69) is 15.9 Å². The quantitative estimate of drug-likeness (QED) is 0.849. The number of hydrogen-bond acceptors (Lipinski definition) is 3. The lowest BCUT2D eigenvalue weighted by molar-refractivity contribution is -0.127. The summed E-state index contributed by atoms with van der Waals surface area (Å²) >= 11 is 4.90. The molecular weight excluding hydrogens is 328 g/mol. The van der Waals surface area contributed by atoms with Crippen LogP contribution < -0.4 is 5.73 Å². The molecule has 2 rings (SSSR count). The minimum Gasteiger partial charge on any atom is -0.369 e. The monoisotopic (exact) mass is 342 g/mol. The van der Waals surface area contributed by atoms with Gasteiger partial charge < -0.3 is 10.6 Å². The van der Waals surface area contributed by atoms with Gasteiger partial charge in [-0.15, -0.1) is 11.8 Å². The van der Waals surface area contributed by atoms with Crippen LogP contribution >= 0.6 is 27.7 Å². The van der Waals surface area contributed by atoms with Gasteiger partial charge in [-0.1, -0.05) is 22.0 Å². The van der Waals surface area contributed by atoms with Gasteiger partial charge in [0.05, 0.1) is 11.7 Å². The topological polar surface area (TPSA) is 63.4 Å². The third-order valence-corrected chi connectivity index (χ3v) is 4.57. The highest BCUT2D eigenvalue weighted by Crippen LogP contribution is 2.23. The van der Waals surface area contributed by atoms with Gasteiger partial charge in [0, 0.05) is 22.5 Å². The first-order valence-corrected chi connectivity index (χ1v) is 7.79. The van der Waals surface area contributed by atoms with E-state index in [9.17, 15) is 9.59 Å². The zero-order valence-electron chi connectivity index (χ0n) is 10.3. The number of amides is 2. The number of rotatable bonds is 4. The van der Waals surface area contributed by atoms with Crippen molar-refractivity contribution in [3.8, 4) is 0 Å². The molecule has 1 aromatic rings. The molecule has 0 unspecified atom stereocenters. The molecule has 0 bridgehead atoms. The number of nitrogens with two attached hydrogens (primary N) is 1. The zero-order valence-corrected chi connectivity index (χ0v) is 12.7. The van der Waals surface area contributed by atoms with Gasteiger partial charge in [0.25, 0.3) is 0 Å². The third kappa shape index (κ3) is 3.98. The van der Waals surface area contributed by atoms with Gasteiger partial charge in [-0.2, -0.15) is 0 Å². The molecule has 0 aromatic heterocycles. The number of benzene rings is 1. The van der Waals surface area contributed by atoms with Crippen LogP contribution in [0.3, 0.4) is 0 Å². The van der Waals surface area contributed by atoms with Crippen LogP contribution in [0.15, 0.2) is 33.6 Å². The Labute approximate surface area is 124 Å². The van der Waals surface area contributed by atoms with Crippen LogP contribution in [-0.2, 0) is 9.59 Å². The largest absolute Gasteiger partial charge is 0.369 e. The number of hydrogen-bond donors (Lipinski definition) is 1. The summed E-state index contributed by atoms with van der Waals surface area (Å²) in [5.41, 5.74) is 5.25. The van der Waals surface area contributed by atoms with Crippen molar-refractivity contribution in [2.45, 2.75) is 11.3 Å². The molecule has 2 N–H and O–H groups in total. The van der Waals surface area contributed by atoms with Gasteiger partial charge in [0.15, 0.2) is 0 Å². The fourth-order valence-corrected chi connectivity index (χ4v) is 3.42. The number of nitrogens with zero attached hydrogens (tertiary/aromatic N) is 1. The Bertz CT molecular complexity index is 495. The van der Waals surface area contributed by atoms with Crippen molar-refractivity contribution in [3.05, 3.63) is 28.7 Å². The van der Waals surface area contributed by atoms with E-state index in [4.69, 9.17) is 5.73 Å². The average Bonchev–Trinajstić information content (AvgIpc) is 2.86. The Morgan fingerprint density at radius 3 is 2.89 bits per heavy atom. The second kappa shape index (κ2) is 6.43. The van der Waals surface area contributed by atoms with Gasteiger partial charge in [-0.25, -0.2) is 0 Å². The molecule has 1 aliphatic heterocycles. The maximum absolute atomic E-state index is 12.0. The summed E-state index contributed by atoms with van der Waals surface area (Å²) in [5.74, 6) is -0.0365. The van der Waals surface area contributed by atoms with Gasteiger partial charge in [-0.05, 0) is 24.6 Å². The second-order valence-electron chi connectivity index (χ2n) is 4.47. The van der Waals surface area contributed by atoms with E-state index >= 15 is 0 Å². The van der Waals surface area contributed by atoms with E-state index in [-0.39, 0.29) is 17.7 Å². The number of halogens is 1. The van der Waals surface area contributed by atoms with E-state index in [0.29, 0.717) is 25.3 Å². The van der Waals surface area contributed by atoms with Crippen molar-refractivity contribution in [2.75, 3.05) is 18.8 Å². The predicted molar refractivity (Wildman–Crippen MR) is 78.7 cm³/mol. The lowest BCUT2D eigenvalue weighted by Gasteiger charge is -2.15. The minimum absolute atomic E-state index is 0.0636. The first kappa shape index (κ1) is 14.4. The molecule has 1 atom stereocenters. The molecule has 0 aliphatic carbocycles. The Kier molecular flexibility index (Phi) is 4.87. The molecule has 0 spiro atoms. The molecule has 1 aliphatic rings. The Hall–Kier alpha value is -1.01. The Balaban J connectivity index is 1.84. The third-order valence-electron chi connectivity index (χ3n) is 3.10. The number of carbonyl (C=O) groups is 2. The fourth-order valence-electron chi connectivity index (χ4n) is 2.01. The number of carbonyl (C=O) groups excluding carboxylic acids is 2. The summed E-state index contributed by atoms with van der Waals surface area (Å²) in [5, 5.41) is 0. The SMILES string of the molecule is NC(=O)[C@@H]1CCN(C(=O)CSc2cccc(Br)c2)C1. The summed E-state index contributed by atoms with van der Waals surface area (Å²) in [6.07, 6.45) is 0.683. The van der Waals surface area contributed by atoms with Crippen molar-refractivity contribution < 1.29 is 9.59 Å². The van der Waals surface area contributed by atoms with Crippen molar-refractivity contribution >= 4 is 39.5 Å². The summed E-state index contributed by atoms with van der Waals surface area (Å²) in [6.45, 7) is 1.10. The molecule has 6 heteroatoms. The van der Waals surface area contributed by atoms with Gasteiger partial charge in [-0.3, -0.25) is 9.59 Å². The molecular formula is C13H15BrN2O2S. The molecule has 1 heterocycles. The van der Waals surface area contributed by atoms with Crippen LogP contribution in [-0.4, -0.2) is 35.6 Å². The molecule has 102 valence electrons. The normalized spacial score (nSPS) is 18.6. The number of thioether (sulfide) groups is 1. The molecule has 4 nitrogen and oxygen atoms in total. The van der Waals surface area contributed by atoms with Crippen molar-refractivity contribution in [2.24, 2.45) is 11.7 Å². The van der Waals surface area contributed by atoms with Crippen LogP contribution in [0.1, 0.15) is 6.42 Å². The van der Waals surface area contributed by atoms with E-state index in [1.165, 1.54) is 11.8 Å². The van der Waals surface area contributed by atoms with Gasteiger partial charge in [0.1, 0.15) is 0 Å². The fraction of sp³-hybridized carbons (Fsp3) is 0.385. The van der Waals surface area contributed by atoms with Crippen LogP contribution in [0.5, 0.6) is 0 Å². The molecule has 2 amide bonds. The maximum Gasteiger partial charge on any atom is 0.232 e. The van der Waals surface area contributed by atoms with Gasteiger partial charge >= 0.3 is 0 Å². The van der Waals surface area contributed by atoms with Crippen molar-refractivity contribution in [1.29, 1.82) is 0 Å². The van der Waals surface area contributed by atoms with Crippen molar-refractivity contribution in [1.82, 2.24) is 4.90 Å². The van der Waals surface area contributed by atoms with E-state index in [0.717, 1.165) is 9.37 Å². The molecule has 0 radical (unpaired) electrons. The molecule has 0 saturated carbocycles. The van der Waals surface area contributed by atoms with E-state index in [1.807, 2.05) is 24.3 Å². The zero-order chi connectivity index (χ0) is 13.8. The Morgan fingerprint density at radius 1 is 1.47 bits per heavy atom. The lowest BCUT2D eigenvalue weighted by Crippen LogP contribution is -2.32. The van der Waals surface area contributed by atoms with E-state index < -0.39 is 0 Å². The summed E-state index contributed by atoms with van der Waals surface area (Å²) in [6, 6.07) is 7.84. The summed E-state index contributed by atoms with van der Waals surface area (Å²) in [7, 11) is 0. The highest BCUT2D eigenvalue weighted by molar-refractivity contribution is 9.10. The van der Waals surface area contributed by atoms with Gasteiger partial charge in [0.2, 0.25) is 11.8 Å². The standard InChI is InChI=1S/C13H15BrN2O2S/c14-10-2-1-3-11(6-10)19-8-12(17)16-5-4-9(7-16)13(15)18/h1-3,6,9H,4-5,7-8H2,(H2,15,18)/t9-/m1/s1. The second-order valence-corrected chi connectivity index (χ2v) is 6.44.